The zero-order valence-corrected chi connectivity index (χ0v) is 15.7. The Morgan fingerprint density at radius 3 is 1.82 bits per heavy atom. The van der Waals surface area contributed by atoms with Gasteiger partial charge in [0.2, 0.25) is 0 Å². The molecule has 0 unspecified atom stereocenters. The Morgan fingerprint density at radius 1 is 0.909 bits per heavy atom. The molecule has 0 radical (unpaired) electrons. The van der Waals surface area contributed by atoms with E-state index in [4.69, 9.17) is 14.2 Å². The van der Waals surface area contributed by atoms with Crippen molar-refractivity contribution in [1.29, 1.82) is 0 Å². The van der Waals surface area contributed by atoms with Crippen molar-refractivity contribution in [1.82, 2.24) is 0 Å². The number of rotatable bonds is 10. The van der Waals surface area contributed by atoms with Gasteiger partial charge in [-0.3, -0.25) is 4.79 Å². The molecule has 0 saturated carbocycles. The van der Waals surface area contributed by atoms with E-state index in [2.05, 4.69) is 48.5 Å². The maximum Gasteiger partial charge on any atom is 0.305 e. The molecule has 132 valence electrons. The lowest BCUT2D eigenvalue weighted by Crippen LogP contribution is -2.31. The zero-order valence-electron chi connectivity index (χ0n) is 15.7. The van der Waals surface area contributed by atoms with Gasteiger partial charge in [0.1, 0.15) is 6.61 Å². The van der Waals surface area contributed by atoms with E-state index in [1.807, 2.05) is 0 Å². The number of carbonyl (C=O) groups is 1. The van der Waals surface area contributed by atoms with Gasteiger partial charge in [-0.15, -0.1) is 0 Å². The molecule has 0 aliphatic heterocycles. The first-order chi connectivity index (χ1) is 10.0. The summed E-state index contributed by atoms with van der Waals surface area (Å²) in [5.74, 6) is -0.169. The quantitative estimate of drug-likeness (QED) is 0.337. The second-order valence-corrected chi connectivity index (χ2v) is 8.31. The maximum atomic E-state index is 11.7. The summed E-state index contributed by atoms with van der Waals surface area (Å²) in [5, 5.41) is 0. The zero-order chi connectivity index (χ0) is 17.2. The van der Waals surface area contributed by atoms with Crippen LogP contribution in [0.4, 0.5) is 0 Å². The summed E-state index contributed by atoms with van der Waals surface area (Å²) in [7, 11) is 0. The molecule has 0 aliphatic rings. The van der Waals surface area contributed by atoms with Crippen molar-refractivity contribution in [2.75, 3.05) is 19.8 Å². The molecule has 0 aromatic rings. The van der Waals surface area contributed by atoms with Crippen molar-refractivity contribution >= 4 is 5.97 Å². The third kappa shape index (κ3) is 14.3. The van der Waals surface area contributed by atoms with Crippen molar-refractivity contribution in [3.8, 4) is 0 Å². The normalized spacial score (nSPS) is 12.7. The monoisotopic (exact) mass is 316 g/mol. The van der Waals surface area contributed by atoms with E-state index in [0.29, 0.717) is 19.6 Å². The third-order valence-electron chi connectivity index (χ3n) is 2.77. The molecule has 0 N–H and O–H groups in total. The Balaban J connectivity index is 4.24. The second-order valence-electron chi connectivity index (χ2n) is 8.31. The first kappa shape index (κ1) is 21.4. The molecule has 0 amide bonds. The minimum absolute atomic E-state index is 0.0501. The number of carbonyl (C=O) groups excluding carboxylic acids is 1. The predicted octanol–water partition coefficient (Wildman–Crippen LogP) is 4.56. The first-order valence-electron chi connectivity index (χ1n) is 8.42. The third-order valence-corrected chi connectivity index (χ3v) is 2.77. The number of ether oxygens (including phenoxy) is 3. The lowest BCUT2D eigenvalue weighted by molar-refractivity contribution is -0.198. The van der Waals surface area contributed by atoms with Gasteiger partial charge in [-0.25, -0.2) is 0 Å². The number of esters is 1. The van der Waals surface area contributed by atoms with Gasteiger partial charge in [-0.05, 0) is 17.3 Å². The molecule has 0 atom stereocenters. The van der Waals surface area contributed by atoms with Crippen molar-refractivity contribution in [2.24, 2.45) is 10.8 Å². The summed E-state index contributed by atoms with van der Waals surface area (Å²) in [6, 6.07) is 0. The van der Waals surface area contributed by atoms with Crippen LogP contribution in [0.5, 0.6) is 0 Å². The van der Waals surface area contributed by atoms with Crippen LogP contribution in [-0.4, -0.2) is 32.1 Å². The van der Waals surface area contributed by atoms with Crippen molar-refractivity contribution in [3.63, 3.8) is 0 Å². The molecular weight excluding hydrogens is 280 g/mol. The van der Waals surface area contributed by atoms with Gasteiger partial charge in [0.25, 0.3) is 0 Å². The largest absolute Gasteiger partial charge is 0.460 e. The topological polar surface area (TPSA) is 44.8 Å². The predicted molar refractivity (Wildman–Crippen MR) is 89.7 cm³/mol. The van der Waals surface area contributed by atoms with E-state index in [1.165, 1.54) is 0 Å². The van der Waals surface area contributed by atoms with Crippen LogP contribution in [0.25, 0.3) is 0 Å². The molecule has 0 heterocycles. The van der Waals surface area contributed by atoms with E-state index < -0.39 is 6.29 Å². The Kier molecular flexibility index (Phi) is 9.94. The Labute approximate surface area is 136 Å². The fraction of sp³-hybridized carbons (Fsp3) is 0.944. The molecule has 0 saturated heterocycles. The van der Waals surface area contributed by atoms with Gasteiger partial charge in [0.15, 0.2) is 6.29 Å². The smallest absolute Gasteiger partial charge is 0.305 e. The van der Waals surface area contributed by atoms with Gasteiger partial charge < -0.3 is 14.2 Å². The van der Waals surface area contributed by atoms with Crippen LogP contribution in [0.1, 0.15) is 74.1 Å². The highest BCUT2D eigenvalue weighted by atomic mass is 16.7. The first-order valence-corrected chi connectivity index (χ1v) is 8.42. The number of hydrogen-bond acceptors (Lipinski definition) is 4. The molecular formula is C18H36O4. The van der Waals surface area contributed by atoms with Gasteiger partial charge in [0, 0.05) is 6.42 Å². The highest BCUT2D eigenvalue weighted by Crippen LogP contribution is 2.18. The van der Waals surface area contributed by atoms with Gasteiger partial charge in [-0.1, -0.05) is 61.3 Å². The summed E-state index contributed by atoms with van der Waals surface area (Å²) < 4.78 is 16.8. The Hall–Kier alpha value is -0.610. The molecule has 0 bridgehead atoms. The molecule has 0 spiro atoms. The van der Waals surface area contributed by atoms with E-state index >= 15 is 0 Å². The van der Waals surface area contributed by atoms with Crippen LogP contribution in [-0.2, 0) is 19.0 Å². The van der Waals surface area contributed by atoms with Gasteiger partial charge >= 0.3 is 5.97 Å². The van der Waals surface area contributed by atoms with E-state index in [1.54, 1.807) is 0 Å². The summed E-state index contributed by atoms with van der Waals surface area (Å²) in [6.45, 7) is 16.0. The van der Waals surface area contributed by atoms with Crippen molar-refractivity contribution in [2.45, 2.75) is 80.4 Å². The van der Waals surface area contributed by atoms with E-state index in [-0.39, 0.29) is 23.4 Å². The van der Waals surface area contributed by atoms with Crippen LogP contribution in [0.3, 0.4) is 0 Å². The molecule has 4 nitrogen and oxygen atoms in total. The second kappa shape index (κ2) is 10.2. The van der Waals surface area contributed by atoms with Crippen LogP contribution < -0.4 is 0 Å². The van der Waals surface area contributed by atoms with Crippen molar-refractivity contribution in [3.05, 3.63) is 0 Å². The number of unbranched alkanes of at least 4 members (excludes halogenated alkanes) is 2. The molecule has 4 heteroatoms. The van der Waals surface area contributed by atoms with E-state index in [0.717, 1.165) is 19.3 Å². The minimum Gasteiger partial charge on any atom is -0.460 e. The van der Waals surface area contributed by atoms with Gasteiger partial charge in [0.05, 0.1) is 13.2 Å². The molecule has 0 aromatic heterocycles. The summed E-state index contributed by atoms with van der Waals surface area (Å²) in [6.07, 6.45) is 3.01. The average molecular weight is 316 g/mol. The van der Waals surface area contributed by atoms with Crippen LogP contribution in [0.2, 0.25) is 0 Å². The number of hydrogen-bond donors (Lipinski definition) is 0. The standard InChI is InChI=1S/C18H36O4/c1-8-9-10-11-15(19)20-12-16(21-13-17(2,3)4)22-14-18(5,6)7/h16H,8-14H2,1-7H3. The molecule has 0 aliphatic carbocycles. The molecule has 0 fully saturated rings. The Bertz CT molecular complexity index is 281. The summed E-state index contributed by atoms with van der Waals surface area (Å²) in [4.78, 5) is 11.7. The summed E-state index contributed by atoms with van der Waals surface area (Å²) >= 11 is 0. The SMILES string of the molecule is CCCCCC(=O)OCC(OCC(C)(C)C)OCC(C)(C)C. The van der Waals surface area contributed by atoms with Crippen molar-refractivity contribution < 1.29 is 19.0 Å². The minimum atomic E-state index is -0.492. The van der Waals surface area contributed by atoms with Crippen LogP contribution in [0.15, 0.2) is 0 Å². The Morgan fingerprint density at radius 2 is 1.41 bits per heavy atom. The fourth-order valence-corrected chi connectivity index (χ4v) is 1.58. The fourth-order valence-electron chi connectivity index (χ4n) is 1.58. The van der Waals surface area contributed by atoms with Gasteiger partial charge in [-0.2, -0.15) is 0 Å². The highest BCUT2D eigenvalue weighted by Gasteiger charge is 2.20. The highest BCUT2D eigenvalue weighted by molar-refractivity contribution is 5.69. The lowest BCUT2D eigenvalue weighted by atomic mass is 9.98. The van der Waals surface area contributed by atoms with Crippen LogP contribution >= 0.6 is 0 Å². The van der Waals surface area contributed by atoms with E-state index in [9.17, 15) is 4.79 Å². The summed E-state index contributed by atoms with van der Waals surface area (Å²) in [5.41, 5.74) is 0.100. The maximum absolute atomic E-state index is 11.7. The lowest BCUT2D eigenvalue weighted by Gasteiger charge is -2.27. The average Bonchev–Trinajstić information content (AvgIpc) is 2.35. The molecule has 22 heavy (non-hydrogen) atoms. The molecule has 0 rings (SSSR count). The molecule has 0 aromatic carbocycles. The van der Waals surface area contributed by atoms with Crippen LogP contribution in [0, 0.1) is 10.8 Å².